The number of pyridine rings is 1. The maximum Gasteiger partial charge on any atom is 0.139 e. The van der Waals surface area contributed by atoms with Gasteiger partial charge in [0, 0.05) is 29.4 Å². The highest BCUT2D eigenvalue weighted by Gasteiger charge is 2.54. The van der Waals surface area contributed by atoms with Crippen molar-refractivity contribution in [3.63, 3.8) is 0 Å². The Hall–Kier alpha value is -2.08. The minimum Gasteiger partial charge on any atom is -0.411 e. The number of rotatable bonds is 3. The van der Waals surface area contributed by atoms with Gasteiger partial charge in [-0.25, -0.2) is 4.98 Å². The van der Waals surface area contributed by atoms with E-state index in [1.54, 1.807) is 6.20 Å². The maximum absolute atomic E-state index is 10.8. The van der Waals surface area contributed by atoms with Crippen LogP contribution in [-0.4, -0.2) is 38.1 Å². The predicted octanol–water partition coefficient (Wildman–Crippen LogP) is 2.72. The van der Waals surface area contributed by atoms with Crippen molar-refractivity contribution in [1.29, 1.82) is 0 Å². The number of H-pyrrole nitrogens is 1. The lowest BCUT2D eigenvalue weighted by Crippen LogP contribution is -2.59. The number of hydrogen-bond donors (Lipinski definition) is 4. The van der Waals surface area contributed by atoms with E-state index in [9.17, 15) is 5.11 Å². The zero-order valence-electron chi connectivity index (χ0n) is 13.4. The quantitative estimate of drug-likeness (QED) is 0.396. The van der Waals surface area contributed by atoms with Gasteiger partial charge in [-0.1, -0.05) is 5.16 Å². The third-order valence-corrected chi connectivity index (χ3v) is 6.36. The topological polar surface area (TPSA) is 93.5 Å². The molecule has 2 atom stereocenters. The van der Waals surface area contributed by atoms with Gasteiger partial charge in [-0.3, -0.25) is 0 Å². The summed E-state index contributed by atoms with van der Waals surface area (Å²) in [5.74, 6) is 1.72. The summed E-state index contributed by atoms with van der Waals surface area (Å²) in [5, 5.41) is 27.7. The summed E-state index contributed by atoms with van der Waals surface area (Å²) in [6, 6.07) is 2.37. The molecule has 2 unspecified atom stereocenters. The van der Waals surface area contributed by atoms with Gasteiger partial charge >= 0.3 is 0 Å². The van der Waals surface area contributed by atoms with E-state index in [0.717, 1.165) is 41.5 Å². The third kappa shape index (κ3) is 2.05. The number of anilines is 1. The average molecular weight is 326 g/mol. The van der Waals surface area contributed by atoms with Crippen molar-refractivity contribution in [2.45, 2.75) is 43.7 Å². The smallest absolute Gasteiger partial charge is 0.139 e. The molecule has 0 radical (unpaired) electrons. The zero-order valence-corrected chi connectivity index (χ0v) is 13.4. The van der Waals surface area contributed by atoms with Crippen molar-refractivity contribution >= 4 is 22.9 Å². The lowest BCUT2D eigenvalue weighted by atomic mass is 9.52. The van der Waals surface area contributed by atoms with Crippen LogP contribution in [0.15, 0.2) is 23.6 Å². The Bertz CT molecular complexity index is 798. The Kier molecular flexibility index (Phi) is 2.95. The fourth-order valence-corrected chi connectivity index (χ4v) is 5.73. The van der Waals surface area contributed by atoms with E-state index in [-0.39, 0.29) is 0 Å². The van der Waals surface area contributed by atoms with Gasteiger partial charge in [0.1, 0.15) is 5.65 Å². The number of aromatic nitrogens is 2. The maximum atomic E-state index is 10.8. The first kappa shape index (κ1) is 14.3. The largest absolute Gasteiger partial charge is 0.411 e. The Morgan fingerprint density at radius 3 is 2.79 bits per heavy atom. The first-order valence-electron chi connectivity index (χ1n) is 8.78. The molecule has 6 rings (SSSR count). The normalized spacial score (nSPS) is 37.5. The van der Waals surface area contributed by atoms with Crippen LogP contribution in [-0.2, 0) is 0 Å². The summed E-state index contributed by atoms with van der Waals surface area (Å²) >= 11 is 0. The molecule has 2 heterocycles. The second-order valence-corrected chi connectivity index (χ2v) is 7.94. The van der Waals surface area contributed by atoms with E-state index >= 15 is 0 Å². The van der Waals surface area contributed by atoms with Gasteiger partial charge in [0.25, 0.3) is 0 Å². The minimum atomic E-state index is -0.425. The van der Waals surface area contributed by atoms with Gasteiger partial charge in [0.05, 0.1) is 17.5 Å². The van der Waals surface area contributed by atoms with Crippen LogP contribution in [0.3, 0.4) is 0 Å². The van der Waals surface area contributed by atoms with Crippen LogP contribution in [0.1, 0.15) is 37.7 Å². The van der Waals surface area contributed by atoms with E-state index in [2.05, 4.69) is 20.4 Å². The highest BCUT2D eigenvalue weighted by Crippen LogP contribution is 2.56. The van der Waals surface area contributed by atoms with Crippen LogP contribution in [0.2, 0.25) is 0 Å². The molecule has 6 nitrogen and oxygen atoms in total. The van der Waals surface area contributed by atoms with Gasteiger partial charge in [-0.05, 0) is 55.9 Å². The number of aromatic amines is 1. The molecule has 4 fully saturated rings. The number of nitrogens with one attached hydrogen (secondary N) is 2. The van der Waals surface area contributed by atoms with E-state index in [0.29, 0.717) is 23.8 Å². The van der Waals surface area contributed by atoms with Crippen LogP contribution in [0.4, 0.5) is 5.69 Å². The summed E-state index contributed by atoms with van der Waals surface area (Å²) in [7, 11) is 0. The first-order valence-corrected chi connectivity index (χ1v) is 8.78. The van der Waals surface area contributed by atoms with Crippen LogP contribution >= 0.6 is 0 Å². The van der Waals surface area contributed by atoms with Crippen molar-refractivity contribution in [3.05, 3.63) is 24.0 Å². The molecule has 4 N–H and O–H groups in total. The number of oxime groups is 1. The molecule has 0 saturated heterocycles. The van der Waals surface area contributed by atoms with E-state index in [1.165, 1.54) is 19.1 Å². The highest BCUT2D eigenvalue weighted by atomic mass is 16.4. The van der Waals surface area contributed by atoms with Crippen LogP contribution in [0.25, 0.3) is 11.0 Å². The summed E-state index contributed by atoms with van der Waals surface area (Å²) < 4.78 is 0. The fourth-order valence-electron chi connectivity index (χ4n) is 5.73. The third-order valence-electron chi connectivity index (χ3n) is 6.36. The molecule has 2 aromatic heterocycles. The lowest BCUT2D eigenvalue weighted by Gasteiger charge is -2.58. The van der Waals surface area contributed by atoms with Gasteiger partial charge in [0.2, 0.25) is 0 Å². The predicted molar refractivity (Wildman–Crippen MR) is 91.4 cm³/mol. The molecule has 0 spiro atoms. The summed E-state index contributed by atoms with van der Waals surface area (Å²) in [6.07, 6.45) is 10.3. The Morgan fingerprint density at radius 1 is 1.29 bits per heavy atom. The molecule has 0 aromatic carbocycles. The van der Waals surface area contributed by atoms with Crippen molar-refractivity contribution in [3.8, 4) is 0 Å². The SMILES string of the molecule is ON=Cc1cnc2[nH]ccc2c1NC1C2CC3CC1CC(O)(C3)C2. The van der Waals surface area contributed by atoms with Gasteiger partial charge in [-0.15, -0.1) is 0 Å². The van der Waals surface area contributed by atoms with E-state index in [1.807, 2.05) is 12.3 Å². The monoisotopic (exact) mass is 326 g/mol. The van der Waals surface area contributed by atoms with Crippen molar-refractivity contribution in [2.24, 2.45) is 22.9 Å². The summed E-state index contributed by atoms with van der Waals surface area (Å²) in [5.41, 5.74) is 2.17. The second-order valence-electron chi connectivity index (χ2n) is 7.94. The van der Waals surface area contributed by atoms with Crippen LogP contribution in [0, 0.1) is 17.8 Å². The number of hydrogen-bond acceptors (Lipinski definition) is 5. The molecule has 4 saturated carbocycles. The summed E-state index contributed by atoms with van der Waals surface area (Å²) in [6.45, 7) is 0. The fraction of sp³-hybridized carbons (Fsp3) is 0.556. The molecule has 4 aliphatic rings. The van der Waals surface area contributed by atoms with E-state index in [4.69, 9.17) is 5.21 Å². The number of fused-ring (bicyclic) bond motifs is 1. The molecule has 0 amide bonds. The van der Waals surface area contributed by atoms with Gasteiger partial charge in [0.15, 0.2) is 0 Å². The molecule has 24 heavy (non-hydrogen) atoms. The van der Waals surface area contributed by atoms with Gasteiger partial charge < -0.3 is 20.6 Å². The van der Waals surface area contributed by atoms with Crippen molar-refractivity contribution < 1.29 is 10.3 Å². The van der Waals surface area contributed by atoms with Crippen molar-refractivity contribution in [1.82, 2.24) is 9.97 Å². The second kappa shape index (κ2) is 4.96. The molecule has 2 aromatic rings. The number of aliphatic hydroxyl groups is 1. The molecular formula is C18H22N4O2. The molecule has 6 heteroatoms. The highest BCUT2D eigenvalue weighted by molar-refractivity contribution is 6.00. The Morgan fingerprint density at radius 2 is 2.08 bits per heavy atom. The van der Waals surface area contributed by atoms with Crippen LogP contribution in [0.5, 0.6) is 0 Å². The standard InChI is InChI=1S/C18H22N4O2/c23-18-5-10-3-11(6-18)15(12(4-10)7-18)22-16-13(9-21-24)8-20-17-14(16)1-2-19-17/h1-2,8-12,15,23-24H,3-7H2,(H2,19,20,22). The Labute approximate surface area is 140 Å². The zero-order chi connectivity index (χ0) is 16.3. The Balaban J connectivity index is 1.53. The molecule has 4 aliphatic carbocycles. The lowest BCUT2D eigenvalue weighted by molar-refractivity contribution is -0.129. The van der Waals surface area contributed by atoms with Crippen LogP contribution < -0.4 is 5.32 Å². The molecular weight excluding hydrogens is 304 g/mol. The van der Waals surface area contributed by atoms with Gasteiger partial charge in [-0.2, -0.15) is 0 Å². The minimum absolute atomic E-state index is 0.369. The number of nitrogens with zero attached hydrogens (tertiary/aromatic N) is 2. The summed E-state index contributed by atoms with van der Waals surface area (Å²) in [4.78, 5) is 7.52. The average Bonchev–Trinajstić information content (AvgIpc) is 2.99. The molecule has 0 aliphatic heterocycles. The first-order chi connectivity index (χ1) is 11.6. The molecule has 126 valence electrons. The molecule has 4 bridgehead atoms. The van der Waals surface area contributed by atoms with Crippen molar-refractivity contribution in [2.75, 3.05) is 5.32 Å². The van der Waals surface area contributed by atoms with E-state index < -0.39 is 5.60 Å².